The standard InChI is InChI=1S/C14H20O.2C13H18O.C12H15FO.2C12H16O.C12H14O/c1-13(2,3)12-10-8-6-7-9-11(10)14(4,5)15-12;1-12(2,3)13(4)11-8-6-5-7-10(11)9-14-13;1-12(2,3)13(4)9-10-7-5-6-8-11(10)14-13;1-12(2,3)10-7-8-5-4-6-9(13)11(8)14-10;1-12(2,3)11-10-7-5-4-6-9(10)8-13-11;2*1-12(2,3)11-8-9-6-4-5-7-10(9)13-11/h6-9,12H,1-5H3;2*5-8H,9H2,1-4H3;4-6,10H,7H2,1-3H3;2*4-7,11H,8H2,1-3H3;4-8H,1-3H3. The average Bonchev–Trinajstić information content (AvgIpc) is 1.60. The molecule has 7 aromatic carbocycles. The van der Waals surface area contributed by atoms with Gasteiger partial charge in [0.05, 0.1) is 36.6 Å². The summed E-state index contributed by atoms with van der Waals surface area (Å²) in [6.45, 7) is 56.5. The van der Waals surface area contributed by atoms with Gasteiger partial charge in [0.1, 0.15) is 40.7 Å². The van der Waals surface area contributed by atoms with E-state index in [-0.39, 0.29) is 78.8 Å². The molecule has 8 aromatic rings. The summed E-state index contributed by atoms with van der Waals surface area (Å²) in [5.74, 6) is 3.39. The number of hydrogen-bond acceptors (Lipinski definition) is 7. The van der Waals surface area contributed by atoms with Crippen molar-refractivity contribution in [2.75, 3.05) is 0 Å². The van der Waals surface area contributed by atoms with Crippen molar-refractivity contribution in [1.29, 1.82) is 0 Å². The van der Waals surface area contributed by atoms with E-state index in [1.54, 1.807) is 6.07 Å². The van der Waals surface area contributed by atoms with Gasteiger partial charge in [0, 0.05) is 41.0 Å². The molecule has 0 bridgehead atoms. The van der Waals surface area contributed by atoms with Crippen LogP contribution in [0.2, 0.25) is 0 Å². The van der Waals surface area contributed by atoms with Gasteiger partial charge >= 0.3 is 0 Å². The highest BCUT2D eigenvalue weighted by atomic mass is 19.1. The number of furan rings is 1. The lowest BCUT2D eigenvalue weighted by molar-refractivity contribution is -0.0992. The van der Waals surface area contributed by atoms with E-state index < -0.39 is 0 Å². The van der Waals surface area contributed by atoms with Crippen molar-refractivity contribution >= 4 is 11.0 Å². The van der Waals surface area contributed by atoms with Crippen molar-refractivity contribution in [3.05, 3.63) is 232 Å². The summed E-state index contributed by atoms with van der Waals surface area (Å²) in [6, 6.07) is 57.6. The molecule has 6 aliphatic heterocycles. The lowest BCUT2D eigenvalue weighted by Gasteiger charge is -2.38. The van der Waals surface area contributed by atoms with Gasteiger partial charge in [-0.2, -0.15) is 0 Å². The maximum Gasteiger partial charge on any atom is 0.165 e. The second-order valence-electron chi connectivity index (χ2n) is 35.4. The highest BCUT2D eigenvalue weighted by molar-refractivity contribution is 5.78. The fourth-order valence-electron chi connectivity index (χ4n) is 12.8. The predicted octanol–water partition coefficient (Wildman–Crippen LogP) is 24.2. The first-order chi connectivity index (χ1) is 44.4. The molecule has 6 aliphatic rings. The van der Waals surface area contributed by atoms with Crippen LogP contribution in [-0.4, -0.2) is 17.8 Å². The minimum absolute atomic E-state index is 0.0588. The van der Waals surface area contributed by atoms with Crippen molar-refractivity contribution < 1.29 is 37.2 Å². The summed E-state index contributed by atoms with van der Waals surface area (Å²) in [5.41, 5.74) is 13.5. The summed E-state index contributed by atoms with van der Waals surface area (Å²) in [4.78, 5) is 0. The number of fused-ring (bicyclic) bond motifs is 7. The Kier molecular flexibility index (Phi) is 22.4. The molecule has 518 valence electrons. The van der Waals surface area contributed by atoms with E-state index in [1.165, 1.54) is 56.0 Å². The van der Waals surface area contributed by atoms with E-state index in [4.69, 9.17) is 32.8 Å². The number of halogens is 1. The summed E-state index contributed by atoms with van der Waals surface area (Å²) in [6.07, 6.45) is 3.80. The molecular weight excluding hydrogens is 1190 g/mol. The van der Waals surface area contributed by atoms with E-state index in [0.717, 1.165) is 60.9 Å². The van der Waals surface area contributed by atoms with Crippen LogP contribution in [0.15, 0.2) is 174 Å². The van der Waals surface area contributed by atoms with E-state index in [1.807, 2.05) is 36.4 Å². The van der Waals surface area contributed by atoms with Crippen LogP contribution in [-0.2, 0) is 63.3 Å². The van der Waals surface area contributed by atoms with Crippen LogP contribution in [0, 0.1) is 38.3 Å². The van der Waals surface area contributed by atoms with Crippen LogP contribution in [0.3, 0.4) is 0 Å². The molecule has 0 radical (unpaired) electrons. The van der Waals surface area contributed by atoms with Gasteiger partial charge in [0.15, 0.2) is 11.6 Å². The molecule has 6 atom stereocenters. The fraction of sp³-hybridized carbons (Fsp3) is 0.500. The van der Waals surface area contributed by atoms with Gasteiger partial charge in [0.25, 0.3) is 0 Å². The van der Waals surface area contributed by atoms with Gasteiger partial charge in [-0.05, 0) is 130 Å². The van der Waals surface area contributed by atoms with E-state index in [2.05, 4.69) is 294 Å². The third kappa shape index (κ3) is 17.8. The predicted molar refractivity (Wildman–Crippen MR) is 396 cm³/mol. The third-order valence-corrected chi connectivity index (χ3v) is 20.0. The Labute approximate surface area is 578 Å². The van der Waals surface area contributed by atoms with Gasteiger partial charge in [0.2, 0.25) is 0 Å². The molecule has 0 aliphatic carbocycles. The number of ether oxygens (including phenoxy) is 6. The third-order valence-electron chi connectivity index (χ3n) is 20.0. The van der Waals surface area contributed by atoms with Crippen molar-refractivity contribution in [2.24, 2.45) is 32.5 Å². The smallest absolute Gasteiger partial charge is 0.165 e. The molecule has 1 aromatic heterocycles. The van der Waals surface area contributed by atoms with E-state index in [0.29, 0.717) is 11.9 Å². The zero-order valence-electron chi connectivity index (χ0n) is 63.2. The van der Waals surface area contributed by atoms with Crippen molar-refractivity contribution in [3.8, 4) is 17.2 Å². The van der Waals surface area contributed by atoms with Crippen molar-refractivity contribution in [3.63, 3.8) is 0 Å². The molecule has 0 saturated heterocycles. The van der Waals surface area contributed by atoms with Gasteiger partial charge in [-0.1, -0.05) is 285 Å². The molecule has 0 amide bonds. The maximum atomic E-state index is 13.3. The van der Waals surface area contributed by atoms with Crippen LogP contribution in [0.5, 0.6) is 17.2 Å². The first kappa shape index (κ1) is 75.1. The minimum atomic E-state index is -0.241. The van der Waals surface area contributed by atoms with E-state index in [9.17, 15) is 4.39 Å². The highest BCUT2D eigenvalue weighted by Crippen LogP contribution is 2.52. The lowest BCUT2D eigenvalue weighted by Crippen LogP contribution is -2.44. The molecule has 0 N–H and O–H groups in total. The second-order valence-corrected chi connectivity index (χ2v) is 35.4. The number of hydrogen-bond donors (Lipinski definition) is 0. The summed E-state index contributed by atoms with van der Waals surface area (Å²) in [5, 5.41) is 1.19. The topological polar surface area (TPSA) is 68.5 Å². The molecule has 7 nitrogen and oxygen atoms in total. The molecule has 96 heavy (non-hydrogen) atoms. The Morgan fingerprint density at radius 2 is 0.927 bits per heavy atom. The van der Waals surface area contributed by atoms with Crippen molar-refractivity contribution in [2.45, 2.75) is 252 Å². The summed E-state index contributed by atoms with van der Waals surface area (Å²) < 4.78 is 54.6. The molecular formula is C88H117FO7. The molecule has 6 unspecified atom stereocenters. The zero-order valence-corrected chi connectivity index (χ0v) is 63.2. The van der Waals surface area contributed by atoms with Crippen LogP contribution in [0.25, 0.3) is 11.0 Å². The van der Waals surface area contributed by atoms with Gasteiger partial charge < -0.3 is 32.8 Å². The van der Waals surface area contributed by atoms with E-state index >= 15 is 0 Å². The zero-order chi connectivity index (χ0) is 70.8. The van der Waals surface area contributed by atoms with Gasteiger partial charge in [-0.15, -0.1) is 0 Å². The Balaban J connectivity index is 0.000000143. The Morgan fingerprint density at radius 3 is 1.48 bits per heavy atom. The quantitative estimate of drug-likeness (QED) is 0.150. The first-order valence-electron chi connectivity index (χ1n) is 35.0. The van der Waals surface area contributed by atoms with Gasteiger partial charge in [-0.25, -0.2) is 4.39 Å². The first-order valence-corrected chi connectivity index (χ1v) is 35.0. The molecule has 14 rings (SSSR count). The highest BCUT2D eigenvalue weighted by Gasteiger charge is 2.47. The normalized spacial score (nSPS) is 21.7. The van der Waals surface area contributed by atoms with Crippen LogP contribution in [0.1, 0.15) is 241 Å². The molecule has 0 spiro atoms. The molecule has 0 saturated carbocycles. The van der Waals surface area contributed by atoms with Crippen LogP contribution >= 0.6 is 0 Å². The molecule has 8 heteroatoms. The summed E-state index contributed by atoms with van der Waals surface area (Å²) >= 11 is 0. The number of para-hydroxylation sites is 4. The van der Waals surface area contributed by atoms with Crippen LogP contribution < -0.4 is 14.2 Å². The van der Waals surface area contributed by atoms with Crippen LogP contribution in [0.4, 0.5) is 4.39 Å². The second kappa shape index (κ2) is 28.6. The maximum absolute atomic E-state index is 13.3. The Morgan fingerprint density at radius 1 is 0.427 bits per heavy atom. The number of benzene rings is 7. The largest absolute Gasteiger partial charge is 0.489 e. The average molecular weight is 1310 g/mol. The Hall–Kier alpha value is -6.71. The van der Waals surface area contributed by atoms with Gasteiger partial charge in [-0.3, -0.25) is 0 Å². The monoisotopic (exact) mass is 1300 g/mol. The van der Waals surface area contributed by atoms with Crippen molar-refractivity contribution in [1.82, 2.24) is 0 Å². The fourth-order valence-corrected chi connectivity index (χ4v) is 12.8. The Bertz CT molecular complexity index is 3790. The minimum Gasteiger partial charge on any atom is -0.489 e. The number of rotatable bonds is 0. The SMILES string of the molecule is CC(C)(C)C1(C)Cc2ccccc2O1.CC(C)(C)C1(C)OCc2ccccc21.CC(C)(C)C1Cc2cccc(F)c2O1.CC(C)(C)C1Cc2ccccc2O1.CC(C)(C)C1OCc2ccccc21.CC(C)(C)c1cc2ccccc2o1.CC1(C)OC(C(C)(C)C)c2ccccc21. The lowest BCUT2D eigenvalue weighted by atomic mass is 9.73. The summed E-state index contributed by atoms with van der Waals surface area (Å²) in [7, 11) is 0. The molecule has 7 heterocycles. The molecule has 0 fully saturated rings.